The second-order valence-corrected chi connectivity index (χ2v) is 6.29. The maximum absolute atomic E-state index is 3.86. The third-order valence-electron chi connectivity index (χ3n) is 4.60. The highest BCUT2D eigenvalue weighted by Crippen LogP contribution is 2.15. The van der Waals surface area contributed by atoms with E-state index >= 15 is 0 Å². The summed E-state index contributed by atoms with van der Waals surface area (Å²) in [5, 5.41) is 3.86. The van der Waals surface area contributed by atoms with Crippen LogP contribution >= 0.6 is 0 Å². The molecule has 1 heterocycles. The summed E-state index contributed by atoms with van der Waals surface area (Å²) in [6, 6.07) is 0.775. The van der Waals surface area contributed by atoms with Crippen LogP contribution < -0.4 is 5.32 Å². The summed E-state index contributed by atoms with van der Waals surface area (Å²) in [5.74, 6) is 0.898. The molecule has 1 saturated heterocycles. The number of unbranched alkanes of at least 4 members (excludes halogenated alkanes) is 1. The van der Waals surface area contributed by atoms with Gasteiger partial charge in [-0.2, -0.15) is 0 Å². The molecule has 2 nitrogen and oxygen atoms in total. The van der Waals surface area contributed by atoms with Gasteiger partial charge in [0.25, 0.3) is 0 Å². The molecule has 0 spiro atoms. The Morgan fingerprint density at radius 3 is 2.63 bits per heavy atom. The fraction of sp³-hybridized carbons (Fsp3) is 1.00. The van der Waals surface area contributed by atoms with E-state index in [9.17, 15) is 0 Å². The molecule has 1 N–H and O–H groups in total. The molecule has 19 heavy (non-hydrogen) atoms. The molecule has 0 radical (unpaired) electrons. The van der Waals surface area contributed by atoms with Crippen molar-refractivity contribution in [1.82, 2.24) is 10.2 Å². The van der Waals surface area contributed by atoms with Gasteiger partial charge in [-0.25, -0.2) is 0 Å². The van der Waals surface area contributed by atoms with Gasteiger partial charge < -0.3 is 10.2 Å². The summed E-state index contributed by atoms with van der Waals surface area (Å²) < 4.78 is 0. The second-order valence-electron chi connectivity index (χ2n) is 6.29. The van der Waals surface area contributed by atoms with Crippen LogP contribution in [0.25, 0.3) is 0 Å². The molecular weight excluding hydrogens is 232 g/mol. The monoisotopic (exact) mass is 268 g/mol. The van der Waals surface area contributed by atoms with E-state index in [1.54, 1.807) is 0 Å². The van der Waals surface area contributed by atoms with Crippen LogP contribution in [-0.2, 0) is 0 Å². The highest BCUT2D eigenvalue weighted by atomic mass is 15.1. The van der Waals surface area contributed by atoms with Crippen LogP contribution in [0.5, 0.6) is 0 Å². The van der Waals surface area contributed by atoms with Crippen molar-refractivity contribution in [3.05, 3.63) is 0 Å². The van der Waals surface area contributed by atoms with Gasteiger partial charge in [0, 0.05) is 6.04 Å². The normalized spacial score (nSPS) is 23.2. The SMILES string of the molecule is CCCCC(CC)CNC1CCCN(CCC)CC1. The Morgan fingerprint density at radius 2 is 1.95 bits per heavy atom. The molecule has 1 aliphatic heterocycles. The zero-order chi connectivity index (χ0) is 13.9. The summed E-state index contributed by atoms with van der Waals surface area (Å²) in [6.45, 7) is 12.1. The number of rotatable bonds is 9. The fourth-order valence-electron chi connectivity index (χ4n) is 3.18. The molecule has 1 aliphatic rings. The summed E-state index contributed by atoms with van der Waals surface area (Å²) >= 11 is 0. The predicted molar refractivity (Wildman–Crippen MR) is 85.7 cm³/mol. The minimum Gasteiger partial charge on any atom is -0.314 e. The maximum atomic E-state index is 3.86. The van der Waals surface area contributed by atoms with Crippen molar-refractivity contribution in [2.24, 2.45) is 5.92 Å². The molecule has 0 amide bonds. The zero-order valence-corrected chi connectivity index (χ0v) is 13.6. The van der Waals surface area contributed by atoms with E-state index in [0.29, 0.717) is 0 Å². The third-order valence-corrected chi connectivity index (χ3v) is 4.60. The Bertz CT molecular complexity index is 205. The summed E-state index contributed by atoms with van der Waals surface area (Å²) in [6.07, 6.45) is 10.9. The first-order valence-electron chi connectivity index (χ1n) is 8.75. The number of hydrogen-bond donors (Lipinski definition) is 1. The van der Waals surface area contributed by atoms with Crippen molar-refractivity contribution in [3.63, 3.8) is 0 Å². The van der Waals surface area contributed by atoms with Crippen molar-refractivity contribution in [2.75, 3.05) is 26.2 Å². The summed E-state index contributed by atoms with van der Waals surface area (Å²) in [5.41, 5.74) is 0. The second kappa shape index (κ2) is 10.7. The molecule has 2 atom stereocenters. The molecule has 0 saturated carbocycles. The van der Waals surface area contributed by atoms with Crippen LogP contribution in [-0.4, -0.2) is 37.1 Å². The van der Waals surface area contributed by atoms with Crippen LogP contribution in [0.2, 0.25) is 0 Å². The lowest BCUT2D eigenvalue weighted by Gasteiger charge is -2.22. The Morgan fingerprint density at radius 1 is 1.11 bits per heavy atom. The minimum absolute atomic E-state index is 0.775. The average molecular weight is 268 g/mol. The van der Waals surface area contributed by atoms with Gasteiger partial charge in [-0.05, 0) is 64.2 Å². The van der Waals surface area contributed by atoms with Crippen LogP contribution in [0.15, 0.2) is 0 Å². The highest BCUT2D eigenvalue weighted by Gasteiger charge is 2.17. The summed E-state index contributed by atoms with van der Waals surface area (Å²) in [4.78, 5) is 2.65. The molecule has 2 heteroatoms. The molecule has 114 valence electrons. The number of likely N-dealkylation sites (tertiary alicyclic amines) is 1. The van der Waals surface area contributed by atoms with Crippen LogP contribution in [0.1, 0.15) is 72.1 Å². The highest BCUT2D eigenvalue weighted by molar-refractivity contribution is 4.76. The van der Waals surface area contributed by atoms with Crippen molar-refractivity contribution in [2.45, 2.75) is 78.2 Å². The van der Waals surface area contributed by atoms with Gasteiger partial charge in [-0.3, -0.25) is 0 Å². The lowest BCUT2D eigenvalue weighted by atomic mass is 9.98. The lowest BCUT2D eigenvalue weighted by molar-refractivity contribution is 0.281. The van der Waals surface area contributed by atoms with E-state index in [0.717, 1.165) is 12.0 Å². The van der Waals surface area contributed by atoms with E-state index in [1.165, 1.54) is 77.5 Å². The fourth-order valence-corrected chi connectivity index (χ4v) is 3.18. The number of nitrogens with zero attached hydrogens (tertiary/aromatic N) is 1. The van der Waals surface area contributed by atoms with Crippen LogP contribution in [0, 0.1) is 5.92 Å². The first-order valence-corrected chi connectivity index (χ1v) is 8.75. The Labute approximate surface area is 121 Å². The molecule has 0 aromatic rings. The standard InChI is InChI=1S/C17H36N2/c1-4-7-9-16(6-3)15-18-17-10-8-13-19(12-5-2)14-11-17/h16-18H,4-15H2,1-3H3. The topological polar surface area (TPSA) is 15.3 Å². The van der Waals surface area contributed by atoms with Gasteiger partial charge in [-0.1, -0.05) is 40.0 Å². The zero-order valence-electron chi connectivity index (χ0n) is 13.6. The first kappa shape index (κ1) is 17.0. The largest absolute Gasteiger partial charge is 0.314 e. The number of nitrogens with one attached hydrogen (secondary N) is 1. The molecule has 2 unspecified atom stereocenters. The van der Waals surface area contributed by atoms with Gasteiger partial charge in [0.2, 0.25) is 0 Å². The predicted octanol–water partition coefficient (Wildman–Crippen LogP) is 4.06. The molecule has 0 bridgehead atoms. The van der Waals surface area contributed by atoms with E-state index in [1.807, 2.05) is 0 Å². The quantitative estimate of drug-likeness (QED) is 0.678. The van der Waals surface area contributed by atoms with Gasteiger partial charge in [0.15, 0.2) is 0 Å². The smallest absolute Gasteiger partial charge is 0.00798 e. The average Bonchev–Trinajstić information content (AvgIpc) is 2.65. The summed E-state index contributed by atoms with van der Waals surface area (Å²) in [7, 11) is 0. The van der Waals surface area contributed by atoms with Crippen molar-refractivity contribution in [3.8, 4) is 0 Å². The van der Waals surface area contributed by atoms with Crippen LogP contribution in [0.4, 0.5) is 0 Å². The van der Waals surface area contributed by atoms with Crippen LogP contribution in [0.3, 0.4) is 0 Å². The van der Waals surface area contributed by atoms with Crippen molar-refractivity contribution >= 4 is 0 Å². The molecule has 0 aliphatic carbocycles. The third kappa shape index (κ3) is 7.31. The Balaban J connectivity index is 2.21. The van der Waals surface area contributed by atoms with Gasteiger partial charge in [-0.15, -0.1) is 0 Å². The molecule has 1 rings (SSSR count). The Kier molecular flexibility index (Phi) is 9.54. The van der Waals surface area contributed by atoms with Crippen molar-refractivity contribution in [1.29, 1.82) is 0 Å². The Hall–Kier alpha value is -0.0800. The van der Waals surface area contributed by atoms with E-state index in [-0.39, 0.29) is 0 Å². The maximum Gasteiger partial charge on any atom is 0.00798 e. The van der Waals surface area contributed by atoms with Gasteiger partial charge >= 0.3 is 0 Å². The first-order chi connectivity index (χ1) is 9.30. The molecular formula is C17H36N2. The molecule has 0 aromatic heterocycles. The lowest BCUT2D eigenvalue weighted by Crippen LogP contribution is -2.34. The molecule has 1 fully saturated rings. The van der Waals surface area contributed by atoms with E-state index in [4.69, 9.17) is 0 Å². The van der Waals surface area contributed by atoms with Gasteiger partial charge in [0.05, 0.1) is 0 Å². The number of hydrogen-bond acceptors (Lipinski definition) is 2. The minimum atomic E-state index is 0.775. The van der Waals surface area contributed by atoms with E-state index < -0.39 is 0 Å². The van der Waals surface area contributed by atoms with Crippen molar-refractivity contribution < 1.29 is 0 Å². The molecule has 0 aromatic carbocycles. The van der Waals surface area contributed by atoms with Gasteiger partial charge in [0.1, 0.15) is 0 Å². The van der Waals surface area contributed by atoms with E-state index in [2.05, 4.69) is 31.0 Å².